The summed E-state index contributed by atoms with van der Waals surface area (Å²) in [6.45, 7) is 10.6. The molecule has 1 saturated carbocycles. The van der Waals surface area contributed by atoms with Crippen LogP contribution in [0, 0.1) is 6.92 Å². The zero-order valence-corrected chi connectivity index (χ0v) is 16.8. The van der Waals surface area contributed by atoms with E-state index >= 15 is 0 Å². The quantitative estimate of drug-likeness (QED) is 0.876. The van der Waals surface area contributed by atoms with Crippen molar-refractivity contribution in [1.82, 2.24) is 10.2 Å². The summed E-state index contributed by atoms with van der Waals surface area (Å²) in [6, 6.07) is 9.19. The highest BCUT2D eigenvalue weighted by Crippen LogP contribution is 2.39. The Bertz CT molecular complexity index is 633. The minimum atomic E-state index is -0.695. The van der Waals surface area contributed by atoms with Crippen LogP contribution in [0.25, 0.3) is 0 Å². The molecule has 144 valence electrons. The van der Waals surface area contributed by atoms with Gasteiger partial charge < -0.3 is 15.0 Å². The highest BCUT2D eigenvalue weighted by atomic mass is 16.5. The van der Waals surface area contributed by atoms with Crippen molar-refractivity contribution in [3.05, 3.63) is 35.4 Å². The topological polar surface area (TPSA) is 41.6 Å². The summed E-state index contributed by atoms with van der Waals surface area (Å²) in [6.07, 6.45) is 5.38. The zero-order valence-electron chi connectivity index (χ0n) is 16.8. The number of ether oxygens (including phenoxy) is 1. The first-order valence-corrected chi connectivity index (χ1v) is 10.1. The van der Waals surface area contributed by atoms with Crippen molar-refractivity contribution in [2.24, 2.45) is 0 Å². The monoisotopic (exact) mass is 358 g/mol. The van der Waals surface area contributed by atoms with E-state index in [1.165, 1.54) is 11.1 Å². The van der Waals surface area contributed by atoms with Gasteiger partial charge in [-0.2, -0.15) is 0 Å². The van der Waals surface area contributed by atoms with Gasteiger partial charge in [0.2, 0.25) is 0 Å². The van der Waals surface area contributed by atoms with Crippen LogP contribution < -0.4 is 5.32 Å². The maximum Gasteiger partial charge on any atom is 0.254 e. The van der Waals surface area contributed by atoms with E-state index in [1.54, 1.807) is 0 Å². The molecule has 1 spiro atoms. The molecule has 4 heteroatoms. The number of nitrogens with zero attached hydrogens (tertiary/aromatic N) is 1. The van der Waals surface area contributed by atoms with Crippen molar-refractivity contribution in [1.29, 1.82) is 0 Å². The molecule has 3 rings (SSSR count). The first-order chi connectivity index (χ1) is 12.4. The van der Waals surface area contributed by atoms with E-state index in [0.29, 0.717) is 6.04 Å². The highest BCUT2D eigenvalue weighted by molar-refractivity contribution is 5.85. The molecule has 1 aliphatic heterocycles. The van der Waals surface area contributed by atoms with Crippen LogP contribution in [0.3, 0.4) is 0 Å². The number of likely N-dealkylation sites (N-methyl/N-ethyl adjacent to an activating group) is 1. The molecule has 1 aliphatic carbocycles. The van der Waals surface area contributed by atoms with Crippen LogP contribution in [-0.4, -0.2) is 47.7 Å². The lowest BCUT2D eigenvalue weighted by Gasteiger charge is -2.51. The predicted molar refractivity (Wildman–Crippen MR) is 105 cm³/mol. The Morgan fingerprint density at radius 3 is 2.58 bits per heavy atom. The second kappa shape index (κ2) is 7.69. The SMILES string of the molecule is CCN1CC2(CCC(NCCc3ccccc3C)CC2)OC(C)(C)C1=O. The zero-order chi connectivity index (χ0) is 18.8. The van der Waals surface area contributed by atoms with Gasteiger partial charge in [-0.15, -0.1) is 0 Å². The number of carbonyl (C=O) groups is 1. The Morgan fingerprint density at radius 1 is 1.23 bits per heavy atom. The molecule has 1 N–H and O–H groups in total. The maximum absolute atomic E-state index is 12.5. The first-order valence-electron chi connectivity index (χ1n) is 10.1. The first kappa shape index (κ1) is 19.4. The Morgan fingerprint density at radius 2 is 1.92 bits per heavy atom. The second-order valence-corrected chi connectivity index (χ2v) is 8.52. The molecular formula is C22H34N2O2. The van der Waals surface area contributed by atoms with Gasteiger partial charge in [0.1, 0.15) is 5.60 Å². The average Bonchev–Trinajstić information content (AvgIpc) is 2.61. The molecule has 4 nitrogen and oxygen atoms in total. The molecular weight excluding hydrogens is 324 g/mol. The van der Waals surface area contributed by atoms with Crippen molar-refractivity contribution in [3.63, 3.8) is 0 Å². The van der Waals surface area contributed by atoms with Gasteiger partial charge in [-0.25, -0.2) is 0 Å². The summed E-state index contributed by atoms with van der Waals surface area (Å²) in [5.41, 5.74) is 1.96. The van der Waals surface area contributed by atoms with Gasteiger partial charge in [-0.05, 0) is 77.5 Å². The summed E-state index contributed by atoms with van der Waals surface area (Å²) in [4.78, 5) is 14.4. The smallest absolute Gasteiger partial charge is 0.254 e. The van der Waals surface area contributed by atoms with E-state index in [0.717, 1.165) is 51.7 Å². The van der Waals surface area contributed by atoms with Gasteiger partial charge >= 0.3 is 0 Å². The maximum atomic E-state index is 12.5. The number of carbonyl (C=O) groups excluding carboxylic acids is 1. The highest BCUT2D eigenvalue weighted by Gasteiger charge is 2.50. The number of nitrogens with one attached hydrogen (secondary N) is 1. The predicted octanol–water partition coefficient (Wildman–Crippen LogP) is 3.47. The molecule has 1 aromatic rings. The molecule has 2 fully saturated rings. The van der Waals surface area contributed by atoms with Crippen LogP contribution in [-0.2, 0) is 16.0 Å². The van der Waals surface area contributed by atoms with Gasteiger partial charge in [0.05, 0.1) is 5.60 Å². The van der Waals surface area contributed by atoms with Crippen LogP contribution in [0.4, 0.5) is 0 Å². The van der Waals surface area contributed by atoms with E-state index < -0.39 is 5.60 Å². The largest absolute Gasteiger partial charge is 0.357 e. The summed E-state index contributed by atoms with van der Waals surface area (Å²) < 4.78 is 6.37. The minimum absolute atomic E-state index is 0.129. The molecule has 0 bridgehead atoms. The van der Waals surface area contributed by atoms with E-state index in [-0.39, 0.29) is 11.5 Å². The fraction of sp³-hybridized carbons (Fsp3) is 0.682. The average molecular weight is 359 g/mol. The fourth-order valence-electron chi connectivity index (χ4n) is 4.58. The number of hydrogen-bond donors (Lipinski definition) is 1. The van der Waals surface area contributed by atoms with E-state index in [1.807, 2.05) is 18.7 Å². The normalized spacial score (nSPS) is 28.5. The van der Waals surface area contributed by atoms with Crippen LogP contribution in [0.2, 0.25) is 0 Å². The summed E-state index contributed by atoms with van der Waals surface area (Å²) in [7, 11) is 0. The Hall–Kier alpha value is -1.39. The third-order valence-corrected chi connectivity index (χ3v) is 6.12. The van der Waals surface area contributed by atoms with Gasteiger partial charge in [0.25, 0.3) is 5.91 Å². The molecule has 26 heavy (non-hydrogen) atoms. The minimum Gasteiger partial charge on any atom is -0.357 e. The van der Waals surface area contributed by atoms with Crippen molar-refractivity contribution in [2.45, 2.75) is 77.0 Å². The molecule has 1 heterocycles. The third-order valence-electron chi connectivity index (χ3n) is 6.12. The Labute approximate surface area is 158 Å². The number of morpholine rings is 1. The third kappa shape index (κ3) is 4.12. The van der Waals surface area contributed by atoms with Crippen molar-refractivity contribution in [3.8, 4) is 0 Å². The fourth-order valence-corrected chi connectivity index (χ4v) is 4.58. The van der Waals surface area contributed by atoms with Crippen molar-refractivity contribution >= 4 is 5.91 Å². The molecule has 1 amide bonds. The summed E-state index contributed by atoms with van der Waals surface area (Å²) in [5.74, 6) is 0.129. The van der Waals surface area contributed by atoms with Gasteiger partial charge in [-0.1, -0.05) is 24.3 Å². The lowest BCUT2D eigenvalue weighted by atomic mass is 9.79. The lowest BCUT2D eigenvalue weighted by molar-refractivity contribution is -0.214. The molecule has 1 aromatic carbocycles. The molecule has 0 atom stereocenters. The summed E-state index contributed by atoms with van der Waals surface area (Å²) >= 11 is 0. The number of amides is 1. The Balaban J connectivity index is 1.51. The standard InChI is InChI=1S/C22H34N2O2/c1-5-24-16-22(26-21(3,4)20(24)25)13-10-19(11-14-22)23-15-12-18-9-7-6-8-17(18)2/h6-9,19,23H,5,10-16H2,1-4H3. The van der Waals surface area contributed by atoms with Crippen molar-refractivity contribution in [2.75, 3.05) is 19.6 Å². The molecule has 0 radical (unpaired) electrons. The second-order valence-electron chi connectivity index (χ2n) is 8.52. The van der Waals surface area contributed by atoms with Crippen LogP contribution in [0.1, 0.15) is 57.6 Å². The Kier molecular flexibility index (Phi) is 5.73. The van der Waals surface area contributed by atoms with E-state index in [2.05, 4.69) is 43.4 Å². The number of aryl methyl sites for hydroxylation is 1. The molecule has 1 saturated heterocycles. The number of benzene rings is 1. The van der Waals surface area contributed by atoms with Gasteiger partial charge in [0, 0.05) is 19.1 Å². The van der Waals surface area contributed by atoms with Gasteiger partial charge in [0.15, 0.2) is 0 Å². The van der Waals surface area contributed by atoms with Crippen molar-refractivity contribution < 1.29 is 9.53 Å². The van der Waals surface area contributed by atoms with Crippen LogP contribution >= 0.6 is 0 Å². The molecule has 0 aromatic heterocycles. The summed E-state index contributed by atoms with van der Waals surface area (Å²) in [5, 5.41) is 3.74. The number of hydrogen-bond acceptors (Lipinski definition) is 3. The number of rotatable bonds is 5. The van der Waals surface area contributed by atoms with Crippen LogP contribution in [0.15, 0.2) is 24.3 Å². The van der Waals surface area contributed by atoms with Crippen LogP contribution in [0.5, 0.6) is 0 Å². The van der Waals surface area contributed by atoms with E-state index in [9.17, 15) is 4.79 Å². The lowest BCUT2D eigenvalue weighted by Crippen LogP contribution is -2.64. The van der Waals surface area contributed by atoms with Gasteiger partial charge in [-0.3, -0.25) is 4.79 Å². The molecule has 2 aliphatic rings. The molecule has 0 unspecified atom stereocenters. The van der Waals surface area contributed by atoms with E-state index in [4.69, 9.17) is 4.74 Å².